The van der Waals surface area contributed by atoms with Gasteiger partial charge in [-0.1, -0.05) is 22.9 Å². The van der Waals surface area contributed by atoms with Crippen molar-refractivity contribution in [1.29, 1.82) is 0 Å². The van der Waals surface area contributed by atoms with Crippen LogP contribution in [0.1, 0.15) is 13.3 Å². The molecule has 0 fully saturated rings. The number of rotatable bonds is 9. The molecule has 3 rings (SSSR count). The van der Waals surface area contributed by atoms with Crippen LogP contribution in [0, 0.1) is 0 Å². The second-order valence-corrected chi connectivity index (χ2v) is 11.2. The van der Waals surface area contributed by atoms with E-state index in [2.05, 4.69) is 4.99 Å². The van der Waals surface area contributed by atoms with Crippen LogP contribution in [0.15, 0.2) is 52.4 Å². The Hall–Kier alpha value is -1.81. The van der Waals surface area contributed by atoms with Gasteiger partial charge in [0.1, 0.15) is 5.75 Å². The molecule has 0 saturated heterocycles. The highest BCUT2D eigenvalue weighted by atomic mass is 35.5. The number of hydrogen-bond acceptors (Lipinski definition) is 6. The SMILES string of the molecule is CCOc1ccc2c(c1)sc(=NC(=O)CCS(=O)(=O)c1ccc(Cl)cc1)n2CCSC. The first-order chi connectivity index (χ1) is 14.8. The van der Waals surface area contributed by atoms with Crippen LogP contribution in [0.2, 0.25) is 5.02 Å². The Kier molecular flexibility index (Phi) is 8.21. The van der Waals surface area contributed by atoms with Crippen molar-refractivity contribution in [2.75, 3.05) is 24.4 Å². The summed E-state index contributed by atoms with van der Waals surface area (Å²) in [6, 6.07) is 11.7. The summed E-state index contributed by atoms with van der Waals surface area (Å²) in [4.78, 5) is 17.5. The third-order valence-electron chi connectivity index (χ3n) is 4.46. The molecule has 1 aromatic heterocycles. The standard InChI is InChI=1S/C21H23ClN2O4S3/c1-3-28-16-6-9-18-19(14-16)30-21(24(18)11-12-29-2)23-20(25)10-13-31(26,27)17-7-4-15(22)5-8-17/h4-9,14H,3,10-13H2,1-2H3. The fourth-order valence-electron chi connectivity index (χ4n) is 2.94. The van der Waals surface area contributed by atoms with E-state index in [4.69, 9.17) is 16.3 Å². The number of aromatic nitrogens is 1. The Morgan fingerprint density at radius 3 is 2.65 bits per heavy atom. The Balaban J connectivity index is 1.85. The highest BCUT2D eigenvalue weighted by Crippen LogP contribution is 2.24. The summed E-state index contributed by atoms with van der Waals surface area (Å²) >= 11 is 8.92. The van der Waals surface area contributed by atoms with E-state index in [0.29, 0.717) is 23.0 Å². The predicted octanol–water partition coefficient (Wildman–Crippen LogP) is 4.41. The summed E-state index contributed by atoms with van der Waals surface area (Å²) in [5.74, 6) is 0.860. The summed E-state index contributed by atoms with van der Waals surface area (Å²) < 4.78 is 33.5. The average molecular weight is 499 g/mol. The molecular formula is C21H23ClN2O4S3. The largest absolute Gasteiger partial charge is 0.494 e. The first-order valence-corrected chi connectivity index (χ1v) is 13.9. The van der Waals surface area contributed by atoms with Crippen molar-refractivity contribution in [2.45, 2.75) is 24.8 Å². The molecule has 3 aromatic rings. The van der Waals surface area contributed by atoms with Gasteiger partial charge in [-0.05, 0) is 55.6 Å². The second kappa shape index (κ2) is 10.7. The number of amides is 1. The van der Waals surface area contributed by atoms with Crippen LogP contribution in [0.4, 0.5) is 0 Å². The predicted molar refractivity (Wildman–Crippen MR) is 128 cm³/mol. The maximum absolute atomic E-state index is 12.5. The Bertz CT molecular complexity index is 1230. The molecule has 0 bridgehead atoms. The number of sulfone groups is 1. The van der Waals surface area contributed by atoms with Gasteiger partial charge in [0.25, 0.3) is 0 Å². The zero-order valence-corrected chi connectivity index (χ0v) is 20.4. The highest BCUT2D eigenvalue weighted by molar-refractivity contribution is 7.98. The van der Waals surface area contributed by atoms with Crippen LogP contribution >= 0.6 is 34.7 Å². The van der Waals surface area contributed by atoms with Gasteiger partial charge in [-0.3, -0.25) is 4.79 Å². The van der Waals surface area contributed by atoms with E-state index in [9.17, 15) is 13.2 Å². The Morgan fingerprint density at radius 1 is 1.23 bits per heavy atom. The second-order valence-electron chi connectivity index (χ2n) is 6.62. The lowest BCUT2D eigenvalue weighted by Crippen LogP contribution is -2.19. The molecule has 2 aromatic carbocycles. The molecule has 0 aliphatic rings. The molecular weight excluding hydrogens is 476 g/mol. The molecule has 0 spiro atoms. The number of thiazole rings is 1. The van der Waals surface area contributed by atoms with Gasteiger partial charge in [0.2, 0.25) is 5.91 Å². The summed E-state index contributed by atoms with van der Waals surface area (Å²) in [6.45, 7) is 3.19. The Morgan fingerprint density at radius 2 is 1.97 bits per heavy atom. The molecule has 166 valence electrons. The van der Waals surface area contributed by atoms with E-state index < -0.39 is 15.7 Å². The minimum absolute atomic E-state index is 0.144. The number of ether oxygens (including phenoxy) is 1. The third-order valence-corrected chi connectivity index (χ3v) is 8.08. The van der Waals surface area contributed by atoms with Crippen molar-refractivity contribution in [2.24, 2.45) is 4.99 Å². The molecule has 6 nitrogen and oxygen atoms in total. The maximum atomic E-state index is 12.5. The van der Waals surface area contributed by atoms with Gasteiger partial charge in [-0.15, -0.1) is 0 Å². The van der Waals surface area contributed by atoms with Gasteiger partial charge >= 0.3 is 0 Å². The lowest BCUT2D eigenvalue weighted by molar-refractivity contribution is -0.117. The van der Waals surface area contributed by atoms with Gasteiger partial charge < -0.3 is 9.30 Å². The van der Waals surface area contributed by atoms with Crippen molar-refractivity contribution >= 4 is 60.7 Å². The lowest BCUT2D eigenvalue weighted by atomic mass is 10.3. The number of carbonyl (C=O) groups is 1. The van der Waals surface area contributed by atoms with Crippen molar-refractivity contribution in [3.05, 3.63) is 52.3 Å². The van der Waals surface area contributed by atoms with Crippen LogP contribution in [0.3, 0.4) is 0 Å². The highest BCUT2D eigenvalue weighted by Gasteiger charge is 2.17. The van der Waals surface area contributed by atoms with Crippen LogP contribution in [-0.2, 0) is 21.2 Å². The molecule has 1 heterocycles. The molecule has 10 heteroatoms. The van der Waals surface area contributed by atoms with E-state index in [-0.39, 0.29) is 17.1 Å². The van der Waals surface area contributed by atoms with Gasteiger partial charge in [0.15, 0.2) is 14.6 Å². The van der Waals surface area contributed by atoms with E-state index >= 15 is 0 Å². The summed E-state index contributed by atoms with van der Waals surface area (Å²) in [6.07, 6.45) is 1.83. The minimum Gasteiger partial charge on any atom is -0.494 e. The van der Waals surface area contributed by atoms with Gasteiger partial charge in [0.05, 0.1) is 27.5 Å². The average Bonchev–Trinajstić information content (AvgIpc) is 3.07. The number of nitrogens with zero attached hydrogens (tertiary/aromatic N) is 2. The molecule has 0 saturated carbocycles. The minimum atomic E-state index is -3.59. The van der Waals surface area contributed by atoms with Crippen molar-refractivity contribution in [3.63, 3.8) is 0 Å². The van der Waals surface area contributed by atoms with Crippen LogP contribution in [-0.4, -0.2) is 43.3 Å². The monoisotopic (exact) mass is 498 g/mol. The topological polar surface area (TPSA) is 77.7 Å². The smallest absolute Gasteiger partial charge is 0.249 e. The number of carbonyl (C=O) groups excluding carboxylic acids is 1. The van der Waals surface area contributed by atoms with Gasteiger partial charge in [-0.25, -0.2) is 8.42 Å². The summed E-state index contributed by atoms with van der Waals surface area (Å²) in [5, 5.41) is 0.456. The lowest BCUT2D eigenvalue weighted by Gasteiger charge is -2.05. The molecule has 1 amide bonds. The quantitative estimate of drug-likeness (QED) is 0.436. The number of aryl methyl sites for hydroxylation is 1. The zero-order chi connectivity index (χ0) is 22.4. The van der Waals surface area contributed by atoms with E-state index in [1.807, 2.05) is 35.9 Å². The van der Waals surface area contributed by atoms with E-state index in [1.165, 1.54) is 35.6 Å². The Labute approximate surface area is 194 Å². The van der Waals surface area contributed by atoms with E-state index in [1.54, 1.807) is 11.8 Å². The van der Waals surface area contributed by atoms with Crippen LogP contribution < -0.4 is 9.54 Å². The molecule has 0 atom stereocenters. The fourth-order valence-corrected chi connectivity index (χ4v) is 5.76. The van der Waals surface area contributed by atoms with Crippen molar-refractivity contribution in [3.8, 4) is 5.75 Å². The number of hydrogen-bond donors (Lipinski definition) is 0. The third kappa shape index (κ3) is 6.12. The first-order valence-electron chi connectivity index (χ1n) is 9.65. The first kappa shape index (κ1) is 23.8. The van der Waals surface area contributed by atoms with Crippen molar-refractivity contribution < 1.29 is 17.9 Å². The number of benzene rings is 2. The van der Waals surface area contributed by atoms with Gasteiger partial charge in [-0.2, -0.15) is 16.8 Å². The number of thioether (sulfide) groups is 1. The molecule has 0 N–H and O–H groups in total. The van der Waals surface area contributed by atoms with Crippen molar-refractivity contribution in [1.82, 2.24) is 4.57 Å². The normalized spacial score (nSPS) is 12.4. The molecule has 0 unspecified atom stereocenters. The van der Waals surface area contributed by atoms with E-state index in [0.717, 1.165) is 21.7 Å². The summed E-state index contributed by atoms with van der Waals surface area (Å²) in [7, 11) is -3.59. The molecule has 0 radical (unpaired) electrons. The number of fused-ring (bicyclic) bond motifs is 1. The van der Waals surface area contributed by atoms with Crippen LogP contribution in [0.25, 0.3) is 10.2 Å². The molecule has 0 aliphatic carbocycles. The number of halogens is 1. The van der Waals surface area contributed by atoms with Gasteiger partial charge in [0, 0.05) is 23.7 Å². The fraction of sp³-hybridized carbons (Fsp3) is 0.333. The van der Waals surface area contributed by atoms with Crippen LogP contribution in [0.5, 0.6) is 5.75 Å². The maximum Gasteiger partial charge on any atom is 0.249 e. The summed E-state index contributed by atoms with van der Waals surface area (Å²) in [5.41, 5.74) is 0.975. The molecule has 31 heavy (non-hydrogen) atoms. The molecule has 0 aliphatic heterocycles. The zero-order valence-electron chi connectivity index (χ0n) is 17.2.